The molecule has 0 saturated carbocycles. The molecule has 0 aliphatic heterocycles. The van der Waals surface area contributed by atoms with Gasteiger partial charge in [0.2, 0.25) is 0 Å². The van der Waals surface area contributed by atoms with Crippen LogP contribution in [-0.2, 0) is 5.41 Å². The van der Waals surface area contributed by atoms with Gasteiger partial charge in [-0.1, -0.05) is 74.9 Å². The van der Waals surface area contributed by atoms with E-state index in [9.17, 15) is 0 Å². The van der Waals surface area contributed by atoms with Gasteiger partial charge in [-0.05, 0) is 46.0 Å². The van der Waals surface area contributed by atoms with Crippen molar-refractivity contribution in [2.45, 2.75) is 33.1 Å². The summed E-state index contributed by atoms with van der Waals surface area (Å²) in [6, 6.07) is 20.0. The summed E-state index contributed by atoms with van der Waals surface area (Å²) in [5.41, 5.74) is 6.79. The Labute approximate surface area is 137 Å². The first-order chi connectivity index (χ1) is 10.4. The first-order valence-corrected chi connectivity index (χ1v) is 8.58. The normalized spacial score (nSPS) is 11.6. The Hall–Kier alpha value is -1.86. The van der Waals surface area contributed by atoms with Crippen LogP contribution in [0.3, 0.4) is 0 Å². The zero-order chi connectivity index (χ0) is 15.7. The van der Waals surface area contributed by atoms with Gasteiger partial charge in [-0.2, -0.15) is 0 Å². The lowest BCUT2D eigenvalue weighted by Crippen LogP contribution is -2.10. The van der Waals surface area contributed by atoms with Gasteiger partial charge < -0.3 is 0 Å². The van der Waals surface area contributed by atoms with E-state index in [0.29, 0.717) is 0 Å². The molecule has 0 unspecified atom stereocenters. The molecule has 0 amide bonds. The van der Waals surface area contributed by atoms with Crippen molar-refractivity contribution in [3.63, 3.8) is 0 Å². The van der Waals surface area contributed by atoms with Gasteiger partial charge in [0.25, 0.3) is 0 Å². The van der Waals surface area contributed by atoms with Gasteiger partial charge >= 0.3 is 0 Å². The number of aryl methyl sites for hydroxylation is 1. The summed E-state index contributed by atoms with van der Waals surface area (Å²) in [5, 5.41) is 2.25. The Morgan fingerprint density at radius 3 is 1.91 bits per heavy atom. The highest BCUT2D eigenvalue weighted by Crippen LogP contribution is 2.33. The summed E-state index contributed by atoms with van der Waals surface area (Å²) in [5.74, 6) is 0. The van der Waals surface area contributed by atoms with E-state index in [1.54, 1.807) is 0 Å². The molecule has 0 saturated heterocycles. The summed E-state index contributed by atoms with van der Waals surface area (Å²) >= 11 is 1.81. The van der Waals surface area contributed by atoms with Crippen LogP contribution in [0, 0.1) is 6.92 Å². The second-order valence-electron chi connectivity index (χ2n) is 6.89. The molecule has 1 aromatic heterocycles. The molecular formula is C21H22S. The second-order valence-corrected chi connectivity index (χ2v) is 7.80. The lowest BCUT2D eigenvalue weighted by atomic mass is 9.86. The van der Waals surface area contributed by atoms with Gasteiger partial charge in [0.1, 0.15) is 0 Å². The minimum atomic E-state index is 0.209. The zero-order valence-corrected chi connectivity index (χ0v) is 14.5. The van der Waals surface area contributed by atoms with Crippen molar-refractivity contribution >= 4 is 11.3 Å². The van der Waals surface area contributed by atoms with Crippen LogP contribution in [0.2, 0.25) is 0 Å². The van der Waals surface area contributed by atoms with Crippen LogP contribution in [0.15, 0.2) is 60.0 Å². The third-order valence-electron chi connectivity index (χ3n) is 4.02. The molecule has 112 valence electrons. The molecular weight excluding hydrogens is 284 g/mol. The highest BCUT2D eigenvalue weighted by Gasteiger charge is 2.13. The van der Waals surface area contributed by atoms with E-state index in [1.165, 1.54) is 32.7 Å². The third kappa shape index (κ3) is 3.15. The van der Waals surface area contributed by atoms with Crippen LogP contribution in [-0.4, -0.2) is 0 Å². The molecule has 1 heterocycles. The fraction of sp³-hybridized carbons (Fsp3) is 0.238. The van der Waals surface area contributed by atoms with E-state index in [-0.39, 0.29) is 5.41 Å². The quantitative estimate of drug-likeness (QED) is 0.495. The van der Waals surface area contributed by atoms with E-state index >= 15 is 0 Å². The summed E-state index contributed by atoms with van der Waals surface area (Å²) < 4.78 is 0. The highest BCUT2D eigenvalue weighted by atomic mass is 32.1. The van der Waals surface area contributed by atoms with E-state index in [1.807, 2.05) is 11.3 Å². The van der Waals surface area contributed by atoms with Crippen molar-refractivity contribution in [2.75, 3.05) is 0 Å². The number of thiophene rings is 1. The molecule has 22 heavy (non-hydrogen) atoms. The van der Waals surface area contributed by atoms with Crippen molar-refractivity contribution in [2.24, 2.45) is 0 Å². The molecule has 0 radical (unpaired) electrons. The predicted molar refractivity (Wildman–Crippen MR) is 98.6 cm³/mol. The summed E-state index contributed by atoms with van der Waals surface area (Å²) in [7, 11) is 0. The summed E-state index contributed by atoms with van der Waals surface area (Å²) in [6.45, 7) is 8.88. The minimum absolute atomic E-state index is 0.209. The monoisotopic (exact) mass is 306 g/mol. The van der Waals surface area contributed by atoms with Crippen molar-refractivity contribution in [1.29, 1.82) is 0 Å². The molecule has 0 N–H and O–H groups in total. The molecule has 0 bridgehead atoms. The third-order valence-corrected chi connectivity index (χ3v) is 5.00. The topological polar surface area (TPSA) is 0 Å². The van der Waals surface area contributed by atoms with Crippen LogP contribution >= 0.6 is 11.3 Å². The van der Waals surface area contributed by atoms with Crippen LogP contribution < -0.4 is 0 Å². The molecule has 0 nitrogen and oxygen atoms in total. The number of benzene rings is 2. The summed E-state index contributed by atoms with van der Waals surface area (Å²) in [6.07, 6.45) is 0. The molecule has 0 atom stereocenters. The van der Waals surface area contributed by atoms with Crippen molar-refractivity contribution in [3.8, 4) is 21.6 Å². The number of hydrogen-bond acceptors (Lipinski definition) is 1. The number of rotatable bonds is 2. The molecule has 0 aliphatic rings. The lowest BCUT2D eigenvalue weighted by Gasteiger charge is -2.19. The average molecular weight is 306 g/mol. The highest BCUT2D eigenvalue weighted by molar-refractivity contribution is 7.14. The molecule has 3 rings (SSSR count). The van der Waals surface area contributed by atoms with Crippen molar-refractivity contribution in [3.05, 3.63) is 71.1 Å². The molecule has 0 aliphatic carbocycles. The zero-order valence-electron chi connectivity index (χ0n) is 13.7. The molecule has 1 heteroatoms. The van der Waals surface area contributed by atoms with Gasteiger partial charge in [-0.25, -0.2) is 0 Å². The SMILES string of the molecule is Cc1ccc(-c2cc(-c3ccc(C(C)(C)C)cc3)cs2)cc1. The van der Waals surface area contributed by atoms with Crippen LogP contribution in [0.4, 0.5) is 0 Å². The lowest BCUT2D eigenvalue weighted by molar-refractivity contribution is 0.590. The van der Waals surface area contributed by atoms with Gasteiger partial charge in [0, 0.05) is 4.88 Å². The van der Waals surface area contributed by atoms with Crippen LogP contribution in [0.1, 0.15) is 31.9 Å². The summed E-state index contributed by atoms with van der Waals surface area (Å²) in [4.78, 5) is 1.33. The Bertz CT molecular complexity index is 753. The fourth-order valence-corrected chi connectivity index (χ4v) is 3.44. The Morgan fingerprint density at radius 2 is 1.32 bits per heavy atom. The van der Waals surface area contributed by atoms with E-state index in [4.69, 9.17) is 0 Å². The maximum Gasteiger partial charge on any atom is 0.0349 e. The maximum atomic E-state index is 2.29. The average Bonchev–Trinajstić information content (AvgIpc) is 2.97. The largest absolute Gasteiger partial charge is 0.143 e. The van der Waals surface area contributed by atoms with Crippen LogP contribution in [0.25, 0.3) is 21.6 Å². The first kappa shape index (κ1) is 15.1. The van der Waals surface area contributed by atoms with Crippen molar-refractivity contribution in [1.82, 2.24) is 0 Å². The van der Waals surface area contributed by atoms with Gasteiger partial charge in [-0.3, -0.25) is 0 Å². The van der Waals surface area contributed by atoms with Gasteiger partial charge in [0.05, 0.1) is 0 Å². The van der Waals surface area contributed by atoms with Gasteiger partial charge in [-0.15, -0.1) is 11.3 Å². The maximum absolute atomic E-state index is 2.29. The standard InChI is InChI=1S/C21H22S/c1-15-5-7-17(8-6-15)20-13-18(14-22-20)16-9-11-19(12-10-16)21(2,3)4/h5-14H,1-4H3. The van der Waals surface area contributed by atoms with E-state index in [2.05, 4.69) is 87.7 Å². The van der Waals surface area contributed by atoms with E-state index < -0.39 is 0 Å². The Kier molecular flexibility index (Phi) is 3.92. The van der Waals surface area contributed by atoms with Gasteiger partial charge in [0.15, 0.2) is 0 Å². The Balaban J connectivity index is 1.89. The molecule has 3 aromatic rings. The molecule has 0 spiro atoms. The minimum Gasteiger partial charge on any atom is -0.143 e. The first-order valence-electron chi connectivity index (χ1n) is 7.70. The molecule has 0 fully saturated rings. The fourth-order valence-electron chi connectivity index (χ4n) is 2.52. The van der Waals surface area contributed by atoms with E-state index in [0.717, 1.165) is 0 Å². The number of hydrogen-bond donors (Lipinski definition) is 0. The Morgan fingerprint density at radius 1 is 0.727 bits per heavy atom. The van der Waals surface area contributed by atoms with Crippen LogP contribution in [0.5, 0.6) is 0 Å². The molecule has 2 aromatic carbocycles. The van der Waals surface area contributed by atoms with Crippen molar-refractivity contribution < 1.29 is 0 Å². The predicted octanol–water partition coefficient (Wildman–Crippen LogP) is 6.69. The second kappa shape index (κ2) is 5.73. The smallest absolute Gasteiger partial charge is 0.0349 e.